The van der Waals surface area contributed by atoms with E-state index >= 15 is 0 Å². The van der Waals surface area contributed by atoms with Crippen molar-refractivity contribution in [2.75, 3.05) is 0 Å². The fourth-order valence-electron chi connectivity index (χ4n) is 3.53. The molecule has 2 aromatic heterocycles. The molecule has 1 aliphatic rings. The molecule has 0 amide bonds. The Morgan fingerprint density at radius 3 is 2.88 bits per heavy atom. The Morgan fingerprint density at radius 1 is 1.15 bits per heavy atom. The molecule has 0 saturated carbocycles. The second-order valence-electron chi connectivity index (χ2n) is 6.61. The summed E-state index contributed by atoms with van der Waals surface area (Å²) < 4.78 is 1.83. The average molecular weight is 345 g/mol. The zero-order chi connectivity index (χ0) is 18.1. The maximum absolute atomic E-state index is 11.8. The highest BCUT2D eigenvalue weighted by atomic mass is 16.3. The average Bonchev–Trinajstić information content (AvgIpc) is 2.98. The normalized spacial score (nSPS) is 13.7. The summed E-state index contributed by atoms with van der Waals surface area (Å²) in [7, 11) is 0. The highest BCUT2D eigenvalue weighted by Crippen LogP contribution is 2.30. The maximum Gasteiger partial charge on any atom is 0.211 e. The molecule has 1 N–H and O–H groups in total. The number of fused-ring (bicyclic) bond motifs is 1. The summed E-state index contributed by atoms with van der Waals surface area (Å²) in [6.45, 7) is 1.85. The lowest BCUT2D eigenvalue weighted by atomic mass is 10.00. The number of aryl methyl sites for hydroxylation is 2. The molecule has 1 aliphatic carbocycles. The fourth-order valence-corrected chi connectivity index (χ4v) is 3.53. The molecular formula is C21H19N3O2. The van der Waals surface area contributed by atoms with Crippen LogP contribution in [0.25, 0.3) is 17.3 Å². The summed E-state index contributed by atoms with van der Waals surface area (Å²) in [5, 5.41) is 2.84. The molecule has 0 fully saturated rings. The van der Waals surface area contributed by atoms with E-state index < -0.39 is 0 Å². The highest BCUT2D eigenvalue weighted by molar-refractivity contribution is 5.83. The van der Waals surface area contributed by atoms with Crippen LogP contribution in [-0.4, -0.2) is 9.55 Å². The summed E-state index contributed by atoms with van der Waals surface area (Å²) in [5.74, 6) is 0. The lowest BCUT2D eigenvalue weighted by Gasteiger charge is -2.13. The first-order chi connectivity index (χ1) is 12.7. The van der Waals surface area contributed by atoms with Crippen LogP contribution in [0.2, 0.25) is 0 Å². The van der Waals surface area contributed by atoms with Gasteiger partial charge in [0.1, 0.15) is 0 Å². The minimum atomic E-state index is -0.351. The Kier molecular flexibility index (Phi) is 4.13. The van der Waals surface area contributed by atoms with Gasteiger partial charge in [-0.3, -0.25) is 4.79 Å². The van der Waals surface area contributed by atoms with Gasteiger partial charge in [0.2, 0.25) is 5.43 Å². The minimum Gasteiger partial charge on any atom is -0.364 e. The smallest absolute Gasteiger partial charge is 0.211 e. The first-order valence-electron chi connectivity index (χ1n) is 8.70. The van der Waals surface area contributed by atoms with Crippen LogP contribution < -0.4 is 5.43 Å². The molecule has 5 nitrogen and oxygen atoms in total. The van der Waals surface area contributed by atoms with Crippen molar-refractivity contribution in [1.82, 2.24) is 9.55 Å². The van der Waals surface area contributed by atoms with Crippen LogP contribution in [0.15, 0.2) is 58.8 Å². The summed E-state index contributed by atoms with van der Waals surface area (Å²) in [6.07, 6.45) is 8.90. The van der Waals surface area contributed by atoms with E-state index in [0.717, 1.165) is 36.2 Å². The first-order valence-corrected chi connectivity index (χ1v) is 8.70. The molecule has 0 aliphatic heterocycles. The standard InChI is InChI=1S/C21H19N3O2/c1-14-10-21(25)20(23-26)13-24(14)18-6-2-4-16(12-18)15-5-3-7-19-17(11-15)8-9-22-19/h2,4,6,8-13,22H,3,5,7H2,1H3. The van der Waals surface area contributed by atoms with Gasteiger partial charge in [-0.15, -0.1) is 4.91 Å². The molecule has 0 unspecified atom stereocenters. The molecular weight excluding hydrogens is 326 g/mol. The Bertz CT molecular complexity index is 1070. The van der Waals surface area contributed by atoms with E-state index in [0.29, 0.717) is 0 Å². The van der Waals surface area contributed by atoms with Crippen molar-refractivity contribution in [1.29, 1.82) is 0 Å². The molecule has 26 heavy (non-hydrogen) atoms. The zero-order valence-electron chi connectivity index (χ0n) is 14.5. The Balaban J connectivity index is 1.79. The largest absolute Gasteiger partial charge is 0.364 e. The minimum absolute atomic E-state index is 0.0772. The van der Waals surface area contributed by atoms with Crippen LogP contribution in [0.1, 0.15) is 35.4 Å². The van der Waals surface area contributed by atoms with Crippen molar-refractivity contribution in [2.24, 2.45) is 5.18 Å². The van der Waals surface area contributed by atoms with Gasteiger partial charge in [-0.05, 0) is 72.3 Å². The van der Waals surface area contributed by atoms with Gasteiger partial charge in [0.15, 0.2) is 5.69 Å². The van der Waals surface area contributed by atoms with E-state index in [1.54, 1.807) is 0 Å². The number of hydrogen-bond donors (Lipinski definition) is 1. The number of benzene rings is 1. The molecule has 0 spiro atoms. The molecule has 0 radical (unpaired) electrons. The third-order valence-corrected chi connectivity index (χ3v) is 4.89. The number of hydrogen-bond acceptors (Lipinski definition) is 3. The summed E-state index contributed by atoms with van der Waals surface area (Å²) in [5.41, 5.74) is 6.21. The number of pyridine rings is 1. The van der Waals surface area contributed by atoms with E-state index in [2.05, 4.69) is 34.4 Å². The predicted molar refractivity (Wildman–Crippen MR) is 104 cm³/mol. The van der Waals surface area contributed by atoms with Crippen LogP contribution in [0.5, 0.6) is 0 Å². The molecule has 0 bridgehead atoms. The van der Waals surface area contributed by atoms with Crippen molar-refractivity contribution in [3.05, 3.63) is 86.4 Å². The Morgan fingerprint density at radius 2 is 2.04 bits per heavy atom. The van der Waals surface area contributed by atoms with Gasteiger partial charge >= 0.3 is 0 Å². The monoisotopic (exact) mass is 345 g/mol. The van der Waals surface area contributed by atoms with Crippen molar-refractivity contribution in [3.63, 3.8) is 0 Å². The first kappa shape index (κ1) is 16.3. The van der Waals surface area contributed by atoms with Crippen molar-refractivity contribution < 1.29 is 0 Å². The number of aromatic amines is 1. The lowest BCUT2D eigenvalue weighted by molar-refractivity contribution is 0.839. The van der Waals surface area contributed by atoms with Gasteiger partial charge in [0.25, 0.3) is 0 Å². The van der Waals surface area contributed by atoms with Crippen molar-refractivity contribution in [2.45, 2.75) is 26.2 Å². The number of nitrogens with zero attached hydrogens (tertiary/aromatic N) is 2. The summed E-state index contributed by atoms with van der Waals surface area (Å²) >= 11 is 0. The second-order valence-corrected chi connectivity index (χ2v) is 6.61. The van der Waals surface area contributed by atoms with Crippen LogP contribution >= 0.6 is 0 Å². The highest BCUT2D eigenvalue weighted by Gasteiger charge is 2.12. The Hall–Kier alpha value is -3.21. The number of allylic oxidation sites excluding steroid dienone is 1. The number of aromatic nitrogens is 2. The topological polar surface area (TPSA) is 67.2 Å². The summed E-state index contributed by atoms with van der Waals surface area (Å²) in [6, 6.07) is 11.7. The maximum atomic E-state index is 11.8. The van der Waals surface area contributed by atoms with E-state index in [4.69, 9.17) is 0 Å². The molecule has 3 aromatic rings. The molecule has 0 saturated heterocycles. The number of nitrogens with one attached hydrogen (secondary N) is 1. The third-order valence-electron chi connectivity index (χ3n) is 4.89. The molecule has 1 aromatic carbocycles. The number of rotatable bonds is 3. The molecule has 2 heterocycles. The van der Waals surface area contributed by atoms with Crippen LogP contribution in [0, 0.1) is 11.8 Å². The molecule has 0 atom stereocenters. The van der Waals surface area contributed by atoms with Gasteiger partial charge in [0.05, 0.1) is 0 Å². The van der Waals surface area contributed by atoms with Crippen LogP contribution in [0.3, 0.4) is 0 Å². The quantitative estimate of drug-likeness (QED) is 0.696. The van der Waals surface area contributed by atoms with Gasteiger partial charge in [-0.2, -0.15) is 0 Å². The SMILES string of the molecule is Cc1cc(=O)c(N=O)cn1-c1cccc(C2=Cc3cc[nH]c3CCC2)c1. The second kappa shape index (κ2) is 6.59. The molecule has 4 rings (SSSR count). The van der Waals surface area contributed by atoms with Gasteiger partial charge < -0.3 is 9.55 Å². The van der Waals surface area contributed by atoms with Crippen LogP contribution in [-0.2, 0) is 6.42 Å². The van der Waals surface area contributed by atoms with Gasteiger partial charge in [-0.1, -0.05) is 12.1 Å². The number of nitroso groups, excluding NO2 is 1. The molecule has 130 valence electrons. The lowest BCUT2D eigenvalue weighted by Crippen LogP contribution is -2.08. The van der Waals surface area contributed by atoms with E-state index in [-0.39, 0.29) is 11.1 Å². The van der Waals surface area contributed by atoms with E-state index in [9.17, 15) is 9.70 Å². The predicted octanol–water partition coefficient (Wildman–Crippen LogP) is 4.75. The molecule has 5 heteroatoms. The Labute approximate surface area is 151 Å². The fraction of sp³-hybridized carbons (Fsp3) is 0.190. The number of H-pyrrole nitrogens is 1. The summed E-state index contributed by atoms with van der Waals surface area (Å²) in [4.78, 5) is 26.0. The van der Waals surface area contributed by atoms with E-state index in [1.807, 2.05) is 29.8 Å². The van der Waals surface area contributed by atoms with Crippen molar-refractivity contribution in [3.8, 4) is 5.69 Å². The third kappa shape index (κ3) is 2.92. The van der Waals surface area contributed by atoms with Gasteiger partial charge in [0, 0.05) is 35.5 Å². The van der Waals surface area contributed by atoms with E-state index in [1.165, 1.54) is 29.1 Å². The van der Waals surface area contributed by atoms with Gasteiger partial charge in [-0.25, -0.2) is 0 Å². The van der Waals surface area contributed by atoms with Crippen molar-refractivity contribution >= 4 is 17.3 Å². The zero-order valence-corrected chi connectivity index (χ0v) is 14.5. The van der Waals surface area contributed by atoms with Crippen LogP contribution in [0.4, 0.5) is 5.69 Å².